The van der Waals surface area contributed by atoms with Crippen LogP contribution in [0.2, 0.25) is 0 Å². The van der Waals surface area contributed by atoms with Crippen LogP contribution in [0.15, 0.2) is 64.2 Å². The third-order valence-electron chi connectivity index (χ3n) is 3.96. The lowest BCUT2D eigenvalue weighted by Crippen LogP contribution is -2.46. The van der Waals surface area contributed by atoms with E-state index in [1.54, 1.807) is 57.2 Å². The second-order valence-electron chi connectivity index (χ2n) is 7.68. The lowest BCUT2D eigenvalue weighted by Gasteiger charge is -2.19. The van der Waals surface area contributed by atoms with Crippen LogP contribution in [0.4, 0.5) is 10.5 Å². The molecule has 3 rings (SSSR count). The minimum atomic E-state index is -0.588. The van der Waals surface area contributed by atoms with Gasteiger partial charge in [0.25, 0.3) is 11.1 Å². The Balaban J connectivity index is 1.84. The first-order valence-electron chi connectivity index (χ1n) is 9.41. The summed E-state index contributed by atoms with van der Waals surface area (Å²) in [7, 11) is 0. The van der Waals surface area contributed by atoms with Crippen LogP contribution in [0.3, 0.4) is 0 Å². The molecule has 0 aliphatic rings. The van der Waals surface area contributed by atoms with E-state index in [9.17, 15) is 14.4 Å². The number of amides is 1. The number of nitrogens with one attached hydrogen (secondary N) is 3. The third-order valence-corrected chi connectivity index (χ3v) is 3.96. The van der Waals surface area contributed by atoms with Crippen LogP contribution < -0.4 is 27.1 Å². The van der Waals surface area contributed by atoms with Crippen LogP contribution in [-0.4, -0.2) is 21.7 Å². The molecule has 0 aliphatic carbocycles. The van der Waals surface area contributed by atoms with E-state index in [1.807, 2.05) is 30.3 Å². The number of ether oxygens (including phenoxy) is 1. The van der Waals surface area contributed by atoms with E-state index in [2.05, 4.69) is 15.3 Å². The second kappa shape index (κ2) is 8.65. The number of anilines is 1. The van der Waals surface area contributed by atoms with Crippen molar-refractivity contribution < 1.29 is 9.53 Å². The number of rotatable bonds is 3. The quantitative estimate of drug-likeness (QED) is 0.620. The van der Waals surface area contributed by atoms with Gasteiger partial charge in [0.1, 0.15) is 16.3 Å². The van der Waals surface area contributed by atoms with Gasteiger partial charge in [-0.25, -0.2) is 4.79 Å². The number of hydrogen-bond donors (Lipinski definition) is 3. The molecular formula is C23H23N3O4. The molecule has 0 bridgehead atoms. The molecule has 3 aromatic rings. The van der Waals surface area contributed by atoms with E-state index in [1.165, 1.54) is 0 Å². The summed E-state index contributed by atoms with van der Waals surface area (Å²) in [6.07, 6.45) is 2.62. The molecule has 1 aromatic heterocycles. The second-order valence-corrected chi connectivity index (χ2v) is 7.68. The van der Waals surface area contributed by atoms with Gasteiger partial charge in [0, 0.05) is 5.69 Å². The van der Waals surface area contributed by atoms with E-state index >= 15 is 0 Å². The van der Waals surface area contributed by atoms with Crippen molar-refractivity contribution in [1.29, 1.82) is 0 Å². The zero-order valence-corrected chi connectivity index (χ0v) is 17.0. The summed E-state index contributed by atoms with van der Waals surface area (Å²) in [6, 6.07) is 16.0. The number of aromatic amines is 2. The fourth-order valence-corrected chi connectivity index (χ4v) is 2.66. The number of benzene rings is 2. The highest BCUT2D eigenvalue weighted by molar-refractivity contribution is 5.85. The number of carbonyl (C=O) groups is 1. The van der Waals surface area contributed by atoms with Crippen LogP contribution >= 0.6 is 0 Å². The lowest BCUT2D eigenvalue weighted by atomic mass is 10.2. The van der Waals surface area contributed by atoms with Crippen molar-refractivity contribution in [1.82, 2.24) is 9.97 Å². The standard InChI is InChI=1S/C23H23N3O4/c1-23(2,3)30-22(29)24-17-11-9-16(10-12-17)14-19-21(28)25-18(20(27)26-19)13-15-7-5-4-6-8-15/h4-14H,1-3H3,(H,24,29)(H,25,28)(H,26,27)/b18-13-,19-14-. The lowest BCUT2D eigenvalue weighted by molar-refractivity contribution is 0.0636. The van der Waals surface area contributed by atoms with Gasteiger partial charge in [-0.2, -0.15) is 0 Å². The predicted octanol–water partition coefficient (Wildman–Crippen LogP) is 2.07. The molecule has 0 unspecified atom stereocenters. The van der Waals surface area contributed by atoms with E-state index in [-0.39, 0.29) is 10.7 Å². The van der Waals surface area contributed by atoms with Gasteiger partial charge in [0.15, 0.2) is 0 Å². The molecule has 7 heteroatoms. The zero-order chi connectivity index (χ0) is 21.7. The maximum atomic E-state index is 12.4. The maximum Gasteiger partial charge on any atom is 0.412 e. The fourth-order valence-electron chi connectivity index (χ4n) is 2.66. The highest BCUT2D eigenvalue weighted by atomic mass is 16.6. The molecule has 3 N–H and O–H groups in total. The Kier molecular flexibility index (Phi) is 6.01. The first-order valence-corrected chi connectivity index (χ1v) is 9.41. The highest BCUT2D eigenvalue weighted by Crippen LogP contribution is 2.13. The van der Waals surface area contributed by atoms with Gasteiger partial charge < -0.3 is 14.7 Å². The van der Waals surface area contributed by atoms with Crippen molar-refractivity contribution in [2.24, 2.45) is 0 Å². The Morgan fingerprint density at radius 1 is 0.833 bits per heavy atom. The van der Waals surface area contributed by atoms with Crippen LogP contribution in [-0.2, 0) is 4.74 Å². The summed E-state index contributed by atoms with van der Waals surface area (Å²) >= 11 is 0. The summed E-state index contributed by atoms with van der Waals surface area (Å²) in [6.45, 7) is 5.35. The molecule has 0 saturated heterocycles. The topological polar surface area (TPSA) is 104 Å². The highest BCUT2D eigenvalue weighted by Gasteiger charge is 2.15. The minimum Gasteiger partial charge on any atom is -0.444 e. The van der Waals surface area contributed by atoms with Crippen molar-refractivity contribution in [3.63, 3.8) is 0 Å². The summed E-state index contributed by atoms with van der Waals surface area (Å²) < 4.78 is 5.20. The van der Waals surface area contributed by atoms with E-state index in [0.717, 1.165) is 5.56 Å². The molecule has 7 nitrogen and oxygen atoms in total. The normalized spacial score (nSPS) is 12.6. The van der Waals surface area contributed by atoms with Gasteiger partial charge in [-0.15, -0.1) is 0 Å². The maximum absolute atomic E-state index is 12.4. The Labute approximate surface area is 172 Å². The summed E-state index contributed by atoms with van der Waals surface area (Å²) in [5.41, 5.74) is 0.654. The molecule has 2 aromatic carbocycles. The van der Waals surface area contributed by atoms with Crippen molar-refractivity contribution in [3.8, 4) is 0 Å². The number of hydrogen-bond acceptors (Lipinski definition) is 4. The van der Waals surface area contributed by atoms with Crippen LogP contribution in [0.1, 0.15) is 31.9 Å². The van der Waals surface area contributed by atoms with E-state index in [0.29, 0.717) is 11.3 Å². The molecule has 0 radical (unpaired) electrons. The monoisotopic (exact) mass is 405 g/mol. The molecule has 0 fully saturated rings. The fraction of sp³-hybridized carbons (Fsp3) is 0.174. The van der Waals surface area contributed by atoms with E-state index < -0.39 is 22.8 Å². The molecule has 1 amide bonds. The Morgan fingerprint density at radius 2 is 1.33 bits per heavy atom. The Morgan fingerprint density at radius 3 is 1.83 bits per heavy atom. The largest absolute Gasteiger partial charge is 0.444 e. The predicted molar refractivity (Wildman–Crippen MR) is 117 cm³/mol. The average molecular weight is 405 g/mol. The third kappa shape index (κ3) is 5.81. The molecule has 1 heterocycles. The molecule has 0 saturated carbocycles. The average Bonchev–Trinajstić information content (AvgIpc) is 2.66. The van der Waals surface area contributed by atoms with Crippen molar-refractivity contribution in [3.05, 3.63) is 97.1 Å². The van der Waals surface area contributed by atoms with Crippen LogP contribution in [0.25, 0.3) is 12.2 Å². The SMILES string of the molecule is CC(C)(C)OC(=O)Nc1ccc(/C=c2\[nH]c(=O)/c(=C/c3ccccc3)[nH]c2=O)cc1. The summed E-state index contributed by atoms with van der Waals surface area (Å²) in [4.78, 5) is 41.8. The van der Waals surface area contributed by atoms with E-state index in [4.69, 9.17) is 4.74 Å². The van der Waals surface area contributed by atoms with Gasteiger partial charge in [0.05, 0.1) is 0 Å². The summed E-state index contributed by atoms with van der Waals surface area (Å²) in [5.74, 6) is 0. The summed E-state index contributed by atoms with van der Waals surface area (Å²) in [5, 5.41) is 2.95. The zero-order valence-electron chi connectivity index (χ0n) is 17.0. The molecule has 0 aliphatic heterocycles. The molecule has 30 heavy (non-hydrogen) atoms. The first-order chi connectivity index (χ1) is 14.2. The number of aromatic nitrogens is 2. The Bertz CT molecular complexity index is 1270. The van der Waals surface area contributed by atoms with Gasteiger partial charge in [-0.05, 0) is 56.2 Å². The van der Waals surface area contributed by atoms with Crippen LogP contribution in [0.5, 0.6) is 0 Å². The van der Waals surface area contributed by atoms with Gasteiger partial charge >= 0.3 is 6.09 Å². The molecule has 0 atom stereocenters. The smallest absolute Gasteiger partial charge is 0.412 e. The van der Waals surface area contributed by atoms with Crippen molar-refractivity contribution >= 4 is 23.9 Å². The number of carbonyl (C=O) groups excluding carboxylic acids is 1. The minimum absolute atomic E-state index is 0.137. The van der Waals surface area contributed by atoms with Crippen molar-refractivity contribution in [2.45, 2.75) is 26.4 Å². The first kappa shape index (κ1) is 20.9. The molecule has 0 spiro atoms. The molecular weight excluding hydrogens is 382 g/mol. The van der Waals surface area contributed by atoms with Gasteiger partial charge in [-0.1, -0.05) is 42.5 Å². The molecule has 154 valence electrons. The Hall–Kier alpha value is -3.87. The number of H-pyrrole nitrogens is 2. The van der Waals surface area contributed by atoms with Gasteiger partial charge in [0.2, 0.25) is 0 Å². The van der Waals surface area contributed by atoms with Crippen LogP contribution in [0, 0.1) is 0 Å². The van der Waals surface area contributed by atoms with Crippen molar-refractivity contribution in [2.75, 3.05) is 5.32 Å². The van der Waals surface area contributed by atoms with Gasteiger partial charge in [-0.3, -0.25) is 14.9 Å².